The van der Waals surface area contributed by atoms with Gasteiger partial charge in [0.25, 0.3) is 0 Å². The molecule has 92 valence electrons. The number of hydrogen-bond donors (Lipinski definition) is 1. The van der Waals surface area contributed by atoms with Gasteiger partial charge >= 0.3 is 0 Å². The van der Waals surface area contributed by atoms with Gasteiger partial charge in [-0.05, 0) is 29.6 Å². The Morgan fingerprint density at radius 1 is 1.22 bits per heavy atom. The van der Waals surface area contributed by atoms with Crippen molar-refractivity contribution in [2.75, 3.05) is 0 Å². The van der Waals surface area contributed by atoms with E-state index in [1.807, 2.05) is 6.07 Å². The van der Waals surface area contributed by atoms with Crippen molar-refractivity contribution in [2.24, 2.45) is 0 Å². The molecule has 1 N–H and O–H groups in total. The van der Waals surface area contributed by atoms with Crippen LogP contribution in [0, 0.1) is 5.82 Å². The molecule has 0 aliphatic rings. The third kappa shape index (κ3) is 2.58. The van der Waals surface area contributed by atoms with Gasteiger partial charge in [0.2, 0.25) is 0 Å². The molecular formula is C13H11FN2S2. The summed E-state index contributed by atoms with van der Waals surface area (Å²) in [6, 6.07) is 8.86. The first-order valence-electron chi connectivity index (χ1n) is 5.59. The van der Waals surface area contributed by atoms with E-state index >= 15 is 0 Å². The molecule has 0 saturated heterocycles. The summed E-state index contributed by atoms with van der Waals surface area (Å²) in [6.45, 7) is 1.57. The molecule has 18 heavy (non-hydrogen) atoms. The van der Waals surface area contributed by atoms with E-state index in [0.29, 0.717) is 0 Å². The number of benzene rings is 1. The number of aromatic nitrogens is 1. The molecule has 3 rings (SSSR count). The fourth-order valence-corrected chi connectivity index (χ4v) is 3.36. The topological polar surface area (TPSA) is 24.9 Å². The van der Waals surface area contributed by atoms with Crippen LogP contribution in [0.5, 0.6) is 0 Å². The summed E-state index contributed by atoms with van der Waals surface area (Å²) in [5.74, 6) is -0.204. The van der Waals surface area contributed by atoms with Crippen molar-refractivity contribution in [1.82, 2.24) is 10.3 Å². The molecule has 0 amide bonds. The Morgan fingerprint density at radius 2 is 2.17 bits per heavy atom. The highest BCUT2D eigenvalue weighted by molar-refractivity contribution is 7.18. The van der Waals surface area contributed by atoms with E-state index in [1.54, 1.807) is 17.4 Å². The normalized spacial score (nSPS) is 11.2. The van der Waals surface area contributed by atoms with Gasteiger partial charge in [0.15, 0.2) is 0 Å². The fourth-order valence-electron chi connectivity index (χ4n) is 1.73. The third-order valence-corrected chi connectivity index (χ3v) is 4.44. The number of nitrogens with one attached hydrogen (secondary N) is 1. The number of thiazole rings is 1. The highest BCUT2D eigenvalue weighted by Crippen LogP contribution is 2.22. The Bertz CT molecular complexity index is 646. The average molecular weight is 278 g/mol. The van der Waals surface area contributed by atoms with Crippen LogP contribution >= 0.6 is 22.7 Å². The fraction of sp³-hybridized carbons (Fsp3) is 0.154. The molecule has 0 saturated carbocycles. The molecule has 2 nitrogen and oxygen atoms in total. The number of halogens is 1. The van der Waals surface area contributed by atoms with Crippen LogP contribution < -0.4 is 5.32 Å². The maximum absolute atomic E-state index is 13.0. The minimum Gasteiger partial charge on any atom is -0.306 e. The number of rotatable bonds is 4. The van der Waals surface area contributed by atoms with E-state index in [0.717, 1.165) is 28.3 Å². The standard InChI is InChI=1S/C13H11FN2S2/c14-9-3-4-11-12(6-9)18-13(16-11)8-15-7-10-2-1-5-17-10/h1-6,15H,7-8H2. The van der Waals surface area contributed by atoms with Crippen LogP contribution in [0.2, 0.25) is 0 Å². The lowest BCUT2D eigenvalue weighted by molar-refractivity contribution is 0.630. The third-order valence-electron chi connectivity index (χ3n) is 2.55. The van der Waals surface area contributed by atoms with Gasteiger partial charge in [0, 0.05) is 18.0 Å². The number of thiophene rings is 1. The molecule has 5 heteroatoms. The lowest BCUT2D eigenvalue weighted by atomic mass is 10.3. The molecule has 3 aromatic rings. The van der Waals surface area contributed by atoms with Crippen molar-refractivity contribution < 1.29 is 4.39 Å². The minimum atomic E-state index is -0.204. The molecule has 0 radical (unpaired) electrons. The molecule has 0 aliphatic heterocycles. The zero-order valence-electron chi connectivity index (χ0n) is 9.52. The number of nitrogens with zero attached hydrogens (tertiary/aromatic N) is 1. The zero-order valence-corrected chi connectivity index (χ0v) is 11.2. The van der Waals surface area contributed by atoms with Gasteiger partial charge in [-0.15, -0.1) is 22.7 Å². The predicted molar refractivity (Wildman–Crippen MR) is 74.4 cm³/mol. The highest BCUT2D eigenvalue weighted by atomic mass is 32.1. The SMILES string of the molecule is Fc1ccc2nc(CNCc3cccs3)sc2c1. The number of hydrogen-bond acceptors (Lipinski definition) is 4. The van der Waals surface area contributed by atoms with E-state index < -0.39 is 0 Å². The molecule has 1 aromatic carbocycles. The van der Waals surface area contributed by atoms with E-state index in [1.165, 1.54) is 28.3 Å². The van der Waals surface area contributed by atoms with Crippen molar-refractivity contribution in [3.8, 4) is 0 Å². The van der Waals surface area contributed by atoms with Gasteiger partial charge in [0.1, 0.15) is 10.8 Å². The summed E-state index contributed by atoms with van der Waals surface area (Å²) in [4.78, 5) is 5.77. The maximum atomic E-state index is 13.0. The van der Waals surface area contributed by atoms with Crippen LogP contribution in [0.15, 0.2) is 35.7 Å². The van der Waals surface area contributed by atoms with Gasteiger partial charge in [-0.25, -0.2) is 9.37 Å². The minimum absolute atomic E-state index is 0.204. The Morgan fingerprint density at radius 3 is 3.00 bits per heavy atom. The van der Waals surface area contributed by atoms with Crippen molar-refractivity contribution in [2.45, 2.75) is 13.1 Å². The van der Waals surface area contributed by atoms with Gasteiger partial charge in [-0.2, -0.15) is 0 Å². The van der Waals surface area contributed by atoms with Crippen LogP contribution in [0.1, 0.15) is 9.88 Å². The van der Waals surface area contributed by atoms with Crippen molar-refractivity contribution >= 4 is 32.9 Å². The Hall–Kier alpha value is -1.30. The molecule has 0 fully saturated rings. The van der Waals surface area contributed by atoms with Crippen molar-refractivity contribution in [1.29, 1.82) is 0 Å². The van der Waals surface area contributed by atoms with Crippen LogP contribution in [0.4, 0.5) is 4.39 Å². The van der Waals surface area contributed by atoms with E-state index in [-0.39, 0.29) is 5.82 Å². The van der Waals surface area contributed by atoms with Gasteiger partial charge in [0.05, 0.1) is 10.2 Å². The maximum Gasteiger partial charge on any atom is 0.124 e. The quantitative estimate of drug-likeness (QED) is 0.785. The Labute approximate surface area is 112 Å². The van der Waals surface area contributed by atoms with Crippen LogP contribution in [0.3, 0.4) is 0 Å². The molecule has 0 aliphatic carbocycles. The molecular weight excluding hydrogens is 267 g/mol. The molecule has 0 unspecified atom stereocenters. The molecule has 0 spiro atoms. The molecule has 0 atom stereocenters. The smallest absolute Gasteiger partial charge is 0.124 e. The van der Waals surface area contributed by atoms with E-state index in [4.69, 9.17) is 0 Å². The largest absolute Gasteiger partial charge is 0.306 e. The first kappa shape index (κ1) is 11.8. The predicted octanol–water partition coefficient (Wildman–Crippen LogP) is 3.79. The van der Waals surface area contributed by atoms with Crippen molar-refractivity contribution in [3.05, 3.63) is 51.4 Å². The first-order chi connectivity index (χ1) is 8.81. The number of fused-ring (bicyclic) bond motifs is 1. The van der Waals surface area contributed by atoms with E-state index in [9.17, 15) is 4.39 Å². The summed E-state index contributed by atoms with van der Waals surface area (Å²) >= 11 is 3.27. The first-order valence-corrected chi connectivity index (χ1v) is 7.29. The summed E-state index contributed by atoms with van der Waals surface area (Å²) in [5.41, 5.74) is 0.870. The van der Waals surface area contributed by atoms with Gasteiger partial charge in [-0.3, -0.25) is 0 Å². The summed E-state index contributed by atoms with van der Waals surface area (Å²) in [5, 5.41) is 6.40. The van der Waals surface area contributed by atoms with Crippen molar-refractivity contribution in [3.63, 3.8) is 0 Å². The lowest BCUT2D eigenvalue weighted by Gasteiger charge is -1.98. The summed E-state index contributed by atoms with van der Waals surface area (Å²) < 4.78 is 14.0. The monoisotopic (exact) mass is 278 g/mol. The Kier molecular flexibility index (Phi) is 3.36. The second-order valence-electron chi connectivity index (χ2n) is 3.90. The van der Waals surface area contributed by atoms with Crippen LogP contribution in [-0.2, 0) is 13.1 Å². The second kappa shape index (κ2) is 5.14. The van der Waals surface area contributed by atoms with E-state index in [2.05, 4.69) is 21.7 Å². The molecule has 2 aromatic heterocycles. The molecule has 2 heterocycles. The van der Waals surface area contributed by atoms with Gasteiger partial charge < -0.3 is 5.32 Å². The van der Waals surface area contributed by atoms with Gasteiger partial charge in [-0.1, -0.05) is 6.07 Å². The van der Waals surface area contributed by atoms with Crippen LogP contribution in [-0.4, -0.2) is 4.98 Å². The summed E-state index contributed by atoms with van der Waals surface area (Å²) in [7, 11) is 0. The van der Waals surface area contributed by atoms with Crippen LogP contribution in [0.25, 0.3) is 10.2 Å². The second-order valence-corrected chi connectivity index (χ2v) is 6.05. The summed E-state index contributed by atoms with van der Waals surface area (Å²) in [6.07, 6.45) is 0. The molecule has 0 bridgehead atoms. The Balaban J connectivity index is 1.67. The highest BCUT2D eigenvalue weighted by Gasteiger charge is 2.04. The lowest BCUT2D eigenvalue weighted by Crippen LogP contribution is -2.11. The average Bonchev–Trinajstić information content (AvgIpc) is 2.97. The zero-order chi connectivity index (χ0) is 12.4.